The van der Waals surface area contributed by atoms with Gasteiger partial charge in [0.2, 0.25) is 0 Å². The molecule has 6 nitrogen and oxygen atoms in total. The molecule has 0 bridgehead atoms. The van der Waals surface area contributed by atoms with Crippen molar-refractivity contribution in [3.8, 4) is 0 Å². The van der Waals surface area contributed by atoms with Gasteiger partial charge in [0.15, 0.2) is 0 Å². The highest BCUT2D eigenvalue weighted by Crippen LogP contribution is 2.24. The minimum atomic E-state index is 0.0815. The Labute approximate surface area is 136 Å². The summed E-state index contributed by atoms with van der Waals surface area (Å²) in [5.41, 5.74) is 0.701. The van der Waals surface area contributed by atoms with E-state index in [0.29, 0.717) is 11.6 Å². The lowest BCUT2D eigenvalue weighted by Gasteiger charge is -2.34. The number of piperidine rings is 1. The molecular formula is C17H23N5O. The zero-order valence-corrected chi connectivity index (χ0v) is 13.9. The number of carbonyl (C=O) groups is 1. The number of carbonyl (C=O) groups excluding carboxylic acids is 1. The summed E-state index contributed by atoms with van der Waals surface area (Å²) >= 11 is 0. The van der Waals surface area contributed by atoms with Crippen LogP contribution in [0.25, 0.3) is 0 Å². The first-order valence-corrected chi connectivity index (χ1v) is 7.98. The number of aromatic nitrogens is 3. The summed E-state index contributed by atoms with van der Waals surface area (Å²) in [6.07, 6.45) is 7.62. The number of hydrogen-bond donors (Lipinski definition) is 0. The normalized spacial score (nSPS) is 18.0. The Morgan fingerprint density at radius 2 is 2.13 bits per heavy atom. The van der Waals surface area contributed by atoms with Gasteiger partial charge in [-0.2, -0.15) is 0 Å². The smallest absolute Gasteiger partial charge is 0.254 e. The third kappa shape index (κ3) is 3.21. The highest BCUT2D eigenvalue weighted by atomic mass is 16.2. The molecule has 0 unspecified atom stereocenters. The maximum absolute atomic E-state index is 12.8. The first-order chi connectivity index (χ1) is 11.1. The van der Waals surface area contributed by atoms with Crippen LogP contribution >= 0.6 is 0 Å². The summed E-state index contributed by atoms with van der Waals surface area (Å²) in [4.78, 5) is 25.3. The van der Waals surface area contributed by atoms with Gasteiger partial charge < -0.3 is 14.4 Å². The van der Waals surface area contributed by atoms with Crippen LogP contribution in [0.1, 0.15) is 35.1 Å². The van der Waals surface area contributed by atoms with Crippen LogP contribution < -0.4 is 4.90 Å². The number of imidazole rings is 1. The lowest BCUT2D eigenvalue weighted by atomic mass is 10.0. The largest absolute Gasteiger partial charge is 0.363 e. The molecule has 3 heterocycles. The molecule has 0 radical (unpaired) electrons. The Hall–Kier alpha value is -2.37. The van der Waals surface area contributed by atoms with Gasteiger partial charge in [0.25, 0.3) is 5.91 Å². The molecule has 1 fully saturated rings. The Morgan fingerprint density at radius 1 is 1.30 bits per heavy atom. The molecule has 1 aliphatic heterocycles. The fraction of sp³-hybridized carbons (Fsp3) is 0.471. The Morgan fingerprint density at radius 3 is 2.83 bits per heavy atom. The first kappa shape index (κ1) is 15.5. The molecule has 1 amide bonds. The Kier molecular flexibility index (Phi) is 4.32. The fourth-order valence-corrected chi connectivity index (χ4v) is 3.12. The number of likely N-dealkylation sites (tertiary alicyclic amines) is 1. The summed E-state index contributed by atoms with van der Waals surface area (Å²) in [6.45, 7) is 3.55. The van der Waals surface area contributed by atoms with E-state index in [0.717, 1.165) is 37.6 Å². The van der Waals surface area contributed by atoms with Gasteiger partial charge in [-0.05, 0) is 31.9 Å². The van der Waals surface area contributed by atoms with Crippen molar-refractivity contribution in [1.82, 2.24) is 19.4 Å². The number of anilines is 1. The molecule has 0 spiro atoms. The molecular weight excluding hydrogens is 290 g/mol. The van der Waals surface area contributed by atoms with E-state index < -0.39 is 0 Å². The van der Waals surface area contributed by atoms with Crippen molar-refractivity contribution in [1.29, 1.82) is 0 Å². The molecule has 3 rings (SSSR count). The molecule has 2 aromatic heterocycles. The van der Waals surface area contributed by atoms with Crippen LogP contribution in [0, 0.1) is 6.92 Å². The zero-order valence-electron chi connectivity index (χ0n) is 13.9. The maximum atomic E-state index is 12.8. The summed E-state index contributed by atoms with van der Waals surface area (Å²) in [7, 11) is 3.85. The van der Waals surface area contributed by atoms with E-state index in [9.17, 15) is 4.79 Å². The molecule has 0 aromatic carbocycles. The monoisotopic (exact) mass is 313 g/mol. The van der Waals surface area contributed by atoms with Gasteiger partial charge in [-0.15, -0.1) is 0 Å². The SMILES string of the molecule is Cc1nccn1[C@H]1CCCN(C(=O)c2ccnc(N(C)C)c2)C1. The molecule has 23 heavy (non-hydrogen) atoms. The van der Waals surface area contributed by atoms with Gasteiger partial charge in [0, 0.05) is 51.3 Å². The number of pyridine rings is 1. The molecule has 1 aliphatic rings. The van der Waals surface area contributed by atoms with E-state index >= 15 is 0 Å². The van der Waals surface area contributed by atoms with Gasteiger partial charge in [0.05, 0.1) is 6.04 Å². The topological polar surface area (TPSA) is 54.3 Å². The van der Waals surface area contributed by atoms with E-state index in [-0.39, 0.29) is 5.91 Å². The minimum Gasteiger partial charge on any atom is -0.363 e. The average Bonchev–Trinajstić information content (AvgIpc) is 3.00. The van der Waals surface area contributed by atoms with Crippen LogP contribution in [-0.2, 0) is 0 Å². The minimum absolute atomic E-state index is 0.0815. The van der Waals surface area contributed by atoms with Crippen molar-refractivity contribution >= 4 is 11.7 Å². The van der Waals surface area contributed by atoms with Crippen LogP contribution in [-0.4, -0.2) is 52.5 Å². The number of aryl methyl sites for hydroxylation is 1. The average molecular weight is 313 g/mol. The highest BCUT2D eigenvalue weighted by Gasteiger charge is 2.26. The van der Waals surface area contributed by atoms with Crippen LogP contribution in [0.4, 0.5) is 5.82 Å². The second-order valence-electron chi connectivity index (χ2n) is 6.23. The molecule has 0 N–H and O–H groups in total. The molecule has 0 saturated carbocycles. The summed E-state index contributed by atoms with van der Waals surface area (Å²) < 4.78 is 2.18. The summed E-state index contributed by atoms with van der Waals surface area (Å²) in [5.74, 6) is 1.89. The van der Waals surface area contributed by atoms with Crippen LogP contribution in [0.2, 0.25) is 0 Å². The van der Waals surface area contributed by atoms with Gasteiger partial charge in [-0.3, -0.25) is 4.79 Å². The van der Waals surface area contributed by atoms with Gasteiger partial charge in [0.1, 0.15) is 11.6 Å². The molecule has 122 valence electrons. The summed E-state index contributed by atoms with van der Waals surface area (Å²) in [6, 6.07) is 3.96. The standard InChI is InChI=1S/C17H23N5O/c1-13-18-8-10-22(13)15-5-4-9-21(12-15)17(23)14-6-7-19-16(11-14)20(2)3/h6-8,10-11,15H,4-5,9,12H2,1-3H3/t15-/m0/s1. The lowest BCUT2D eigenvalue weighted by molar-refractivity contribution is 0.0678. The number of hydrogen-bond acceptors (Lipinski definition) is 4. The van der Waals surface area contributed by atoms with E-state index in [1.165, 1.54) is 0 Å². The van der Waals surface area contributed by atoms with Crippen molar-refractivity contribution < 1.29 is 4.79 Å². The molecule has 1 atom stereocenters. The summed E-state index contributed by atoms with van der Waals surface area (Å²) in [5, 5.41) is 0. The van der Waals surface area contributed by atoms with Crippen molar-refractivity contribution in [2.45, 2.75) is 25.8 Å². The molecule has 6 heteroatoms. The van der Waals surface area contributed by atoms with Crippen molar-refractivity contribution in [3.05, 3.63) is 42.1 Å². The predicted octanol–water partition coefficient (Wildman–Crippen LogP) is 2.13. The van der Waals surface area contributed by atoms with E-state index in [2.05, 4.69) is 14.5 Å². The lowest BCUT2D eigenvalue weighted by Crippen LogP contribution is -2.40. The van der Waals surface area contributed by atoms with E-state index in [1.54, 1.807) is 12.3 Å². The maximum Gasteiger partial charge on any atom is 0.254 e. The van der Waals surface area contributed by atoms with E-state index in [4.69, 9.17) is 0 Å². The molecule has 2 aromatic rings. The van der Waals surface area contributed by atoms with Crippen LogP contribution in [0.5, 0.6) is 0 Å². The van der Waals surface area contributed by atoms with Gasteiger partial charge in [-0.25, -0.2) is 9.97 Å². The third-order valence-electron chi connectivity index (χ3n) is 4.39. The molecule has 0 aliphatic carbocycles. The Balaban J connectivity index is 1.77. The van der Waals surface area contributed by atoms with Crippen molar-refractivity contribution in [2.24, 2.45) is 0 Å². The van der Waals surface area contributed by atoms with Gasteiger partial charge >= 0.3 is 0 Å². The number of amides is 1. The second kappa shape index (κ2) is 6.40. The highest BCUT2D eigenvalue weighted by molar-refractivity contribution is 5.94. The Bertz CT molecular complexity index is 694. The first-order valence-electron chi connectivity index (χ1n) is 7.98. The third-order valence-corrected chi connectivity index (χ3v) is 4.39. The number of nitrogens with zero attached hydrogens (tertiary/aromatic N) is 5. The van der Waals surface area contributed by atoms with Crippen LogP contribution in [0.15, 0.2) is 30.7 Å². The zero-order chi connectivity index (χ0) is 16.4. The van der Waals surface area contributed by atoms with Crippen molar-refractivity contribution in [2.75, 3.05) is 32.1 Å². The quantitative estimate of drug-likeness (QED) is 0.871. The van der Waals surface area contributed by atoms with Gasteiger partial charge in [-0.1, -0.05) is 0 Å². The number of rotatable bonds is 3. The molecule has 1 saturated heterocycles. The van der Waals surface area contributed by atoms with E-state index in [1.807, 2.05) is 49.3 Å². The fourth-order valence-electron chi connectivity index (χ4n) is 3.12. The predicted molar refractivity (Wildman–Crippen MR) is 89.7 cm³/mol. The second-order valence-corrected chi connectivity index (χ2v) is 6.23. The van der Waals surface area contributed by atoms with Crippen LogP contribution in [0.3, 0.4) is 0 Å². The van der Waals surface area contributed by atoms with Crippen molar-refractivity contribution in [3.63, 3.8) is 0 Å².